The summed E-state index contributed by atoms with van der Waals surface area (Å²) in [4.78, 5) is 0. The summed E-state index contributed by atoms with van der Waals surface area (Å²) in [6, 6.07) is 0.296. The molecule has 2 aromatic rings. The fourth-order valence-electron chi connectivity index (χ4n) is 1.65. The summed E-state index contributed by atoms with van der Waals surface area (Å²) in [5.41, 5.74) is 6.55. The molecule has 0 saturated carbocycles. The molecule has 0 aliphatic heterocycles. The fourth-order valence-corrected chi connectivity index (χ4v) is 1.65. The molecule has 0 aliphatic carbocycles. The lowest BCUT2D eigenvalue weighted by molar-refractivity contribution is 0.588. The van der Waals surface area contributed by atoms with Crippen molar-refractivity contribution in [3.05, 3.63) is 12.0 Å². The van der Waals surface area contributed by atoms with Gasteiger partial charge in [-0.1, -0.05) is 0 Å². The SMILES string of the molecule is Cc1nnc(-c2cn[nH]c2N)n1C(C)C. The first-order chi connectivity index (χ1) is 7.11. The van der Waals surface area contributed by atoms with Gasteiger partial charge in [-0.05, 0) is 20.8 Å². The lowest BCUT2D eigenvalue weighted by atomic mass is 10.2. The smallest absolute Gasteiger partial charge is 0.169 e. The highest BCUT2D eigenvalue weighted by molar-refractivity contribution is 5.67. The number of aryl methyl sites for hydroxylation is 1. The molecule has 0 spiro atoms. The second-order valence-electron chi connectivity index (χ2n) is 3.73. The van der Waals surface area contributed by atoms with Gasteiger partial charge in [0.1, 0.15) is 11.6 Å². The maximum atomic E-state index is 5.75. The first-order valence-electron chi connectivity index (χ1n) is 4.82. The molecule has 2 aromatic heterocycles. The van der Waals surface area contributed by atoms with Crippen LogP contribution in [-0.4, -0.2) is 25.0 Å². The van der Waals surface area contributed by atoms with Crippen LogP contribution in [0.15, 0.2) is 6.20 Å². The van der Waals surface area contributed by atoms with Crippen LogP contribution in [0.1, 0.15) is 25.7 Å². The number of anilines is 1. The van der Waals surface area contributed by atoms with E-state index in [4.69, 9.17) is 5.73 Å². The molecule has 0 bridgehead atoms. The van der Waals surface area contributed by atoms with Crippen molar-refractivity contribution in [2.45, 2.75) is 26.8 Å². The number of hydrogen-bond acceptors (Lipinski definition) is 4. The van der Waals surface area contributed by atoms with Crippen molar-refractivity contribution in [1.82, 2.24) is 25.0 Å². The first-order valence-corrected chi connectivity index (χ1v) is 4.82. The third-order valence-electron chi connectivity index (χ3n) is 2.29. The minimum Gasteiger partial charge on any atom is -0.383 e. The van der Waals surface area contributed by atoms with E-state index < -0.39 is 0 Å². The number of H-pyrrole nitrogens is 1. The molecule has 15 heavy (non-hydrogen) atoms. The topological polar surface area (TPSA) is 85.4 Å². The third kappa shape index (κ3) is 1.47. The minimum absolute atomic E-state index is 0.296. The van der Waals surface area contributed by atoms with Gasteiger partial charge in [-0.3, -0.25) is 5.10 Å². The van der Waals surface area contributed by atoms with Gasteiger partial charge in [0.2, 0.25) is 0 Å². The molecular weight excluding hydrogens is 192 g/mol. The van der Waals surface area contributed by atoms with Crippen molar-refractivity contribution in [2.75, 3.05) is 5.73 Å². The maximum absolute atomic E-state index is 5.75. The zero-order valence-electron chi connectivity index (χ0n) is 9.02. The number of aromatic nitrogens is 5. The maximum Gasteiger partial charge on any atom is 0.169 e. The van der Waals surface area contributed by atoms with Crippen LogP contribution in [0.4, 0.5) is 5.82 Å². The summed E-state index contributed by atoms with van der Waals surface area (Å²) in [6.45, 7) is 6.08. The molecule has 2 heterocycles. The number of aromatic amines is 1. The Labute approximate surface area is 87.5 Å². The first kappa shape index (κ1) is 9.70. The number of nitrogen functional groups attached to an aromatic ring is 1. The van der Waals surface area contributed by atoms with Crippen LogP contribution in [0.5, 0.6) is 0 Å². The highest BCUT2D eigenvalue weighted by Crippen LogP contribution is 2.25. The van der Waals surface area contributed by atoms with Crippen LogP contribution < -0.4 is 5.73 Å². The Morgan fingerprint density at radius 1 is 1.40 bits per heavy atom. The van der Waals surface area contributed by atoms with Gasteiger partial charge < -0.3 is 10.3 Å². The third-order valence-corrected chi connectivity index (χ3v) is 2.29. The van der Waals surface area contributed by atoms with Crippen LogP contribution in [0.3, 0.4) is 0 Å². The molecule has 0 atom stereocenters. The Morgan fingerprint density at radius 2 is 2.13 bits per heavy atom. The molecule has 0 aromatic carbocycles. The molecule has 6 heteroatoms. The average molecular weight is 206 g/mol. The highest BCUT2D eigenvalue weighted by atomic mass is 15.3. The predicted octanol–water partition coefficient (Wildman–Crippen LogP) is 1.14. The molecule has 0 aliphatic rings. The second-order valence-corrected chi connectivity index (χ2v) is 3.73. The van der Waals surface area contributed by atoms with E-state index in [9.17, 15) is 0 Å². The van der Waals surface area contributed by atoms with E-state index in [-0.39, 0.29) is 0 Å². The van der Waals surface area contributed by atoms with Crippen LogP contribution in [0, 0.1) is 6.92 Å². The van der Waals surface area contributed by atoms with Gasteiger partial charge in [0.15, 0.2) is 5.82 Å². The Morgan fingerprint density at radius 3 is 2.67 bits per heavy atom. The summed E-state index contributed by atoms with van der Waals surface area (Å²) in [6.07, 6.45) is 1.66. The van der Waals surface area contributed by atoms with Crippen LogP contribution >= 0.6 is 0 Å². The average Bonchev–Trinajstić information content (AvgIpc) is 2.71. The van der Waals surface area contributed by atoms with Gasteiger partial charge in [0, 0.05) is 6.04 Å². The summed E-state index contributed by atoms with van der Waals surface area (Å²) in [5, 5.41) is 14.7. The van der Waals surface area contributed by atoms with Crippen molar-refractivity contribution in [2.24, 2.45) is 0 Å². The van der Waals surface area contributed by atoms with Crippen molar-refractivity contribution in [3.8, 4) is 11.4 Å². The van der Waals surface area contributed by atoms with Crippen molar-refractivity contribution in [3.63, 3.8) is 0 Å². The molecule has 80 valence electrons. The number of rotatable bonds is 2. The van der Waals surface area contributed by atoms with Crippen molar-refractivity contribution < 1.29 is 0 Å². The molecule has 6 nitrogen and oxygen atoms in total. The summed E-state index contributed by atoms with van der Waals surface area (Å²) < 4.78 is 2.03. The van der Waals surface area contributed by atoms with Crippen molar-refractivity contribution >= 4 is 5.82 Å². The molecule has 0 radical (unpaired) electrons. The largest absolute Gasteiger partial charge is 0.383 e. The van der Waals surface area contributed by atoms with E-state index in [1.165, 1.54) is 0 Å². The zero-order valence-corrected chi connectivity index (χ0v) is 9.02. The lowest BCUT2D eigenvalue weighted by Crippen LogP contribution is -2.05. The molecule has 2 rings (SSSR count). The number of nitrogens with zero attached hydrogens (tertiary/aromatic N) is 4. The van der Waals surface area contributed by atoms with E-state index in [1.54, 1.807) is 6.20 Å². The van der Waals surface area contributed by atoms with Crippen LogP contribution in [-0.2, 0) is 0 Å². The lowest BCUT2D eigenvalue weighted by Gasteiger charge is -2.11. The zero-order chi connectivity index (χ0) is 11.0. The van der Waals surface area contributed by atoms with E-state index >= 15 is 0 Å². The summed E-state index contributed by atoms with van der Waals surface area (Å²) in [7, 11) is 0. The Kier molecular flexibility index (Phi) is 2.18. The molecule has 0 unspecified atom stereocenters. The van der Waals surface area contributed by atoms with Gasteiger partial charge in [-0.15, -0.1) is 10.2 Å². The second kappa shape index (κ2) is 3.38. The molecule has 3 N–H and O–H groups in total. The van der Waals surface area contributed by atoms with Gasteiger partial charge in [-0.2, -0.15) is 5.10 Å². The van der Waals surface area contributed by atoms with E-state index in [1.807, 2.05) is 11.5 Å². The Balaban J connectivity index is 2.59. The predicted molar refractivity (Wildman–Crippen MR) is 57.1 cm³/mol. The van der Waals surface area contributed by atoms with Crippen LogP contribution in [0.25, 0.3) is 11.4 Å². The quantitative estimate of drug-likeness (QED) is 0.771. The monoisotopic (exact) mass is 206 g/mol. The highest BCUT2D eigenvalue weighted by Gasteiger charge is 2.16. The van der Waals surface area contributed by atoms with Crippen LogP contribution in [0.2, 0.25) is 0 Å². The molecule has 0 fully saturated rings. The Hall–Kier alpha value is -1.85. The van der Waals surface area contributed by atoms with E-state index in [2.05, 4.69) is 34.2 Å². The number of nitrogens with two attached hydrogens (primary N) is 1. The van der Waals surface area contributed by atoms with Gasteiger partial charge in [0.05, 0.1) is 11.8 Å². The van der Waals surface area contributed by atoms with E-state index in [0.717, 1.165) is 17.2 Å². The normalized spacial score (nSPS) is 11.2. The molecule has 0 saturated heterocycles. The fraction of sp³-hybridized carbons (Fsp3) is 0.444. The summed E-state index contributed by atoms with van der Waals surface area (Å²) >= 11 is 0. The molecule has 0 amide bonds. The standard InChI is InChI=1S/C9H14N6/c1-5(2)15-6(3)12-14-9(15)7-4-11-13-8(7)10/h4-5H,1-3H3,(H3,10,11,13). The summed E-state index contributed by atoms with van der Waals surface area (Å²) in [5.74, 6) is 2.15. The van der Waals surface area contributed by atoms with Gasteiger partial charge in [-0.25, -0.2) is 0 Å². The molecular formula is C9H14N6. The van der Waals surface area contributed by atoms with Gasteiger partial charge >= 0.3 is 0 Å². The number of nitrogens with one attached hydrogen (secondary N) is 1. The van der Waals surface area contributed by atoms with Crippen molar-refractivity contribution in [1.29, 1.82) is 0 Å². The minimum atomic E-state index is 0.296. The van der Waals surface area contributed by atoms with Gasteiger partial charge in [0.25, 0.3) is 0 Å². The number of hydrogen-bond donors (Lipinski definition) is 2. The van der Waals surface area contributed by atoms with E-state index in [0.29, 0.717) is 11.9 Å². The Bertz CT molecular complexity index is 467.